The van der Waals surface area contributed by atoms with E-state index in [4.69, 9.17) is 0 Å². The minimum Gasteiger partial charge on any atom is -0.336 e. The highest BCUT2D eigenvalue weighted by Gasteiger charge is 2.23. The van der Waals surface area contributed by atoms with Gasteiger partial charge in [-0.2, -0.15) is 0 Å². The van der Waals surface area contributed by atoms with Gasteiger partial charge in [0.2, 0.25) is 5.91 Å². The second kappa shape index (κ2) is 8.52. The van der Waals surface area contributed by atoms with Crippen LogP contribution in [0.15, 0.2) is 36.4 Å². The van der Waals surface area contributed by atoms with Crippen LogP contribution in [0.5, 0.6) is 0 Å². The highest BCUT2D eigenvalue weighted by molar-refractivity contribution is 5.94. The minimum absolute atomic E-state index is 0.0661. The minimum atomic E-state index is -0.368. The summed E-state index contributed by atoms with van der Waals surface area (Å²) >= 11 is 0. The molecule has 5 nitrogen and oxygen atoms in total. The molecule has 0 radical (unpaired) electrons. The van der Waals surface area contributed by atoms with Crippen LogP contribution in [0.25, 0.3) is 0 Å². The fraction of sp³-hybridized carbons (Fsp3) is 0.364. The molecule has 1 saturated heterocycles. The number of aryl methyl sites for hydroxylation is 3. The summed E-state index contributed by atoms with van der Waals surface area (Å²) in [5, 5.41) is 2.93. The zero-order chi connectivity index (χ0) is 20.3. The molecule has 1 fully saturated rings. The molecule has 0 aliphatic carbocycles. The number of hydrogen-bond donors (Lipinski definition) is 1. The van der Waals surface area contributed by atoms with Crippen molar-refractivity contribution in [3.63, 3.8) is 0 Å². The second-order valence-corrected chi connectivity index (χ2v) is 7.38. The van der Waals surface area contributed by atoms with E-state index in [1.807, 2.05) is 36.9 Å². The normalized spacial score (nSPS) is 14.8. The molecule has 0 saturated carbocycles. The summed E-state index contributed by atoms with van der Waals surface area (Å²) in [6.07, 6.45) is 0. The summed E-state index contributed by atoms with van der Waals surface area (Å²) in [7, 11) is 0. The number of nitrogens with zero attached hydrogens (tertiary/aromatic N) is 2. The van der Waals surface area contributed by atoms with Crippen LogP contribution in [0.3, 0.4) is 0 Å². The van der Waals surface area contributed by atoms with Gasteiger partial charge in [0, 0.05) is 37.4 Å². The first kappa shape index (κ1) is 20.0. The van der Waals surface area contributed by atoms with Gasteiger partial charge < -0.3 is 10.2 Å². The molecule has 28 heavy (non-hydrogen) atoms. The van der Waals surface area contributed by atoms with Gasteiger partial charge in [-0.25, -0.2) is 4.39 Å². The van der Waals surface area contributed by atoms with Crippen LogP contribution >= 0.6 is 0 Å². The molecule has 1 heterocycles. The quantitative estimate of drug-likeness (QED) is 0.883. The highest BCUT2D eigenvalue weighted by Crippen LogP contribution is 2.15. The number of piperazine rings is 1. The van der Waals surface area contributed by atoms with E-state index >= 15 is 0 Å². The average Bonchev–Trinajstić information content (AvgIpc) is 2.67. The average molecular weight is 383 g/mol. The van der Waals surface area contributed by atoms with Crippen molar-refractivity contribution in [2.45, 2.75) is 20.8 Å². The Balaban J connectivity index is 1.50. The second-order valence-electron chi connectivity index (χ2n) is 7.38. The predicted octanol–water partition coefficient (Wildman–Crippen LogP) is 3.15. The van der Waals surface area contributed by atoms with Gasteiger partial charge in [-0.05, 0) is 61.7 Å². The fourth-order valence-electron chi connectivity index (χ4n) is 3.24. The SMILES string of the molecule is Cc1ccc(NC(=O)CN2CCN(C(=O)c3ccc(C)c(F)c3)CC2)cc1C. The van der Waals surface area contributed by atoms with Crippen LogP contribution < -0.4 is 5.32 Å². The van der Waals surface area contributed by atoms with Crippen LogP contribution in [0.2, 0.25) is 0 Å². The highest BCUT2D eigenvalue weighted by atomic mass is 19.1. The van der Waals surface area contributed by atoms with Crippen molar-refractivity contribution >= 4 is 17.5 Å². The zero-order valence-electron chi connectivity index (χ0n) is 16.6. The summed E-state index contributed by atoms with van der Waals surface area (Å²) in [6, 6.07) is 10.4. The van der Waals surface area contributed by atoms with E-state index < -0.39 is 0 Å². The summed E-state index contributed by atoms with van der Waals surface area (Å²) in [5.41, 5.74) is 4.01. The Labute approximate surface area is 165 Å². The van der Waals surface area contributed by atoms with Gasteiger partial charge in [-0.3, -0.25) is 14.5 Å². The third-order valence-corrected chi connectivity index (χ3v) is 5.24. The van der Waals surface area contributed by atoms with Gasteiger partial charge in [0.05, 0.1) is 6.54 Å². The molecular weight excluding hydrogens is 357 g/mol. The Bertz CT molecular complexity index is 889. The lowest BCUT2D eigenvalue weighted by atomic mass is 10.1. The van der Waals surface area contributed by atoms with Crippen LogP contribution in [0.1, 0.15) is 27.0 Å². The number of benzene rings is 2. The van der Waals surface area contributed by atoms with Gasteiger partial charge in [-0.15, -0.1) is 0 Å². The van der Waals surface area contributed by atoms with Gasteiger partial charge in [0.15, 0.2) is 0 Å². The molecule has 1 aliphatic rings. The zero-order valence-corrected chi connectivity index (χ0v) is 16.6. The molecule has 1 N–H and O–H groups in total. The Hall–Kier alpha value is -2.73. The maximum atomic E-state index is 13.7. The molecule has 6 heteroatoms. The first-order valence-corrected chi connectivity index (χ1v) is 9.48. The third kappa shape index (κ3) is 4.75. The summed E-state index contributed by atoms with van der Waals surface area (Å²) in [5.74, 6) is -0.603. The lowest BCUT2D eigenvalue weighted by Crippen LogP contribution is -2.50. The molecule has 148 valence electrons. The summed E-state index contributed by atoms with van der Waals surface area (Å²) in [6.45, 7) is 8.27. The van der Waals surface area contributed by atoms with E-state index in [-0.39, 0.29) is 24.2 Å². The number of carbonyl (C=O) groups excluding carboxylic acids is 2. The number of carbonyl (C=O) groups is 2. The van der Waals surface area contributed by atoms with Crippen molar-refractivity contribution in [3.8, 4) is 0 Å². The van der Waals surface area contributed by atoms with E-state index in [0.717, 1.165) is 11.3 Å². The number of amides is 2. The van der Waals surface area contributed by atoms with E-state index in [9.17, 15) is 14.0 Å². The molecular formula is C22H26FN3O2. The van der Waals surface area contributed by atoms with Crippen molar-refractivity contribution in [2.75, 3.05) is 38.0 Å². The maximum Gasteiger partial charge on any atom is 0.254 e. The first-order chi connectivity index (χ1) is 13.3. The number of nitrogens with one attached hydrogen (secondary N) is 1. The predicted molar refractivity (Wildman–Crippen MR) is 108 cm³/mol. The number of hydrogen-bond acceptors (Lipinski definition) is 3. The monoisotopic (exact) mass is 383 g/mol. The number of rotatable bonds is 4. The van der Waals surface area contributed by atoms with E-state index in [1.165, 1.54) is 11.6 Å². The Kier molecular flexibility index (Phi) is 6.09. The number of halogens is 1. The van der Waals surface area contributed by atoms with Gasteiger partial charge >= 0.3 is 0 Å². The van der Waals surface area contributed by atoms with Crippen molar-refractivity contribution in [3.05, 3.63) is 64.5 Å². The molecule has 0 atom stereocenters. The molecule has 3 rings (SSSR count). The first-order valence-electron chi connectivity index (χ1n) is 9.48. The van der Waals surface area contributed by atoms with E-state index in [2.05, 4.69) is 5.32 Å². The Morgan fingerprint density at radius 3 is 2.25 bits per heavy atom. The van der Waals surface area contributed by atoms with Crippen molar-refractivity contribution < 1.29 is 14.0 Å². The van der Waals surface area contributed by atoms with E-state index in [0.29, 0.717) is 37.3 Å². The maximum absolute atomic E-state index is 13.7. The molecule has 2 amide bonds. The van der Waals surface area contributed by atoms with Crippen molar-refractivity contribution in [1.82, 2.24) is 9.80 Å². The molecule has 1 aliphatic heterocycles. The lowest BCUT2D eigenvalue weighted by Gasteiger charge is -2.34. The van der Waals surface area contributed by atoms with Crippen LogP contribution in [-0.4, -0.2) is 54.3 Å². The molecule has 0 unspecified atom stereocenters. The van der Waals surface area contributed by atoms with Crippen molar-refractivity contribution in [2.24, 2.45) is 0 Å². The Morgan fingerprint density at radius 1 is 0.929 bits per heavy atom. The summed E-state index contributed by atoms with van der Waals surface area (Å²) in [4.78, 5) is 28.6. The topological polar surface area (TPSA) is 52.7 Å². The van der Waals surface area contributed by atoms with Crippen molar-refractivity contribution in [1.29, 1.82) is 0 Å². The lowest BCUT2D eigenvalue weighted by molar-refractivity contribution is -0.117. The van der Waals surface area contributed by atoms with Gasteiger partial charge in [0.25, 0.3) is 5.91 Å². The fourth-order valence-corrected chi connectivity index (χ4v) is 3.24. The third-order valence-electron chi connectivity index (χ3n) is 5.24. The molecule has 0 bridgehead atoms. The number of anilines is 1. The molecule has 2 aromatic carbocycles. The smallest absolute Gasteiger partial charge is 0.254 e. The molecule has 2 aromatic rings. The van der Waals surface area contributed by atoms with E-state index in [1.54, 1.807) is 24.0 Å². The van der Waals surface area contributed by atoms with Crippen LogP contribution in [0, 0.1) is 26.6 Å². The van der Waals surface area contributed by atoms with Crippen LogP contribution in [-0.2, 0) is 4.79 Å². The van der Waals surface area contributed by atoms with Crippen LogP contribution in [0.4, 0.5) is 10.1 Å². The van der Waals surface area contributed by atoms with Gasteiger partial charge in [-0.1, -0.05) is 12.1 Å². The molecule has 0 spiro atoms. The molecule has 0 aromatic heterocycles. The standard InChI is InChI=1S/C22H26FN3O2/c1-15-5-7-19(12-17(15)3)24-21(27)14-25-8-10-26(11-9-25)22(28)18-6-4-16(2)20(23)13-18/h4-7,12-13H,8-11,14H2,1-3H3,(H,24,27). The summed E-state index contributed by atoms with van der Waals surface area (Å²) < 4.78 is 13.7. The Morgan fingerprint density at radius 2 is 1.61 bits per heavy atom. The van der Waals surface area contributed by atoms with Gasteiger partial charge in [0.1, 0.15) is 5.82 Å². The largest absolute Gasteiger partial charge is 0.336 e.